The molecule has 0 aromatic carbocycles. The van der Waals surface area contributed by atoms with Crippen molar-refractivity contribution in [2.24, 2.45) is 0 Å². The van der Waals surface area contributed by atoms with Crippen molar-refractivity contribution in [3.05, 3.63) is 0 Å². The summed E-state index contributed by atoms with van der Waals surface area (Å²) in [7, 11) is 5.28. The van der Waals surface area contributed by atoms with Gasteiger partial charge in [0.1, 0.15) is 42.7 Å². The van der Waals surface area contributed by atoms with Gasteiger partial charge in [-0.2, -0.15) is 0 Å². The summed E-state index contributed by atoms with van der Waals surface area (Å²) in [5.41, 5.74) is 0. The molecule has 2 aliphatic rings. The first kappa shape index (κ1) is 23.3. The molecule has 10 atom stereocenters. The Balaban J connectivity index is 2.27. The molecule has 164 valence electrons. The van der Waals surface area contributed by atoms with Crippen LogP contribution >= 0.6 is 0 Å². The average molecular weight is 412 g/mol. The number of carboxylic acid groups (broad SMARTS) is 1. The summed E-state index contributed by atoms with van der Waals surface area (Å²) in [6, 6.07) is 0. The van der Waals surface area contributed by atoms with Gasteiger partial charge in [-0.3, -0.25) is 0 Å². The van der Waals surface area contributed by atoms with Crippen LogP contribution in [0.5, 0.6) is 0 Å². The predicted octanol–water partition coefficient (Wildman–Crippen LogP) is -2.69. The maximum Gasteiger partial charge on any atom is 0.335 e. The van der Waals surface area contributed by atoms with Crippen LogP contribution in [0.25, 0.3) is 0 Å². The fraction of sp³-hybridized carbons (Fsp3) is 0.938. The normalized spacial score (nSPS) is 44.4. The third-order valence-corrected chi connectivity index (χ3v) is 4.90. The Morgan fingerprint density at radius 2 is 1.43 bits per heavy atom. The molecule has 0 aromatic heterocycles. The van der Waals surface area contributed by atoms with Crippen molar-refractivity contribution in [3.63, 3.8) is 0 Å². The largest absolute Gasteiger partial charge is 0.479 e. The van der Waals surface area contributed by atoms with Crippen LogP contribution in [-0.4, -0.2) is 123 Å². The zero-order valence-corrected chi connectivity index (χ0v) is 16.0. The SMILES string of the molecule is CO[C@H]1O[C@H](CO)[C@@H](O[C@@H]2O[C@@H](C(=O)O)[C@@H](OC)[C@H](OC)[C@H]2OC)[C@H](O)[C@H]1O. The van der Waals surface area contributed by atoms with Gasteiger partial charge in [0.15, 0.2) is 18.7 Å². The number of aliphatic hydroxyl groups excluding tert-OH is 3. The summed E-state index contributed by atoms with van der Waals surface area (Å²) in [4.78, 5) is 11.6. The summed E-state index contributed by atoms with van der Waals surface area (Å²) in [5, 5.41) is 39.6. The molecule has 12 heteroatoms. The molecule has 0 bridgehead atoms. The van der Waals surface area contributed by atoms with E-state index in [9.17, 15) is 25.2 Å². The van der Waals surface area contributed by atoms with Crippen LogP contribution in [0.2, 0.25) is 0 Å². The van der Waals surface area contributed by atoms with Crippen LogP contribution in [0.15, 0.2) is 0 Å². The van der Waals surface area contributed by atoms with E-state index in [0.29, 0.717) is 0 Å². The molecular formula is C16H28O12. The minimum absolute atomic E-state index is 0.560. The van der Waals surface area contributed by atoms with E-state index >= 15 is 0 Å². The number of hydrogen-bond acceptors (Lipinski definition) is 11. The number of aliphatic carboxylic acids is 1. The van der Waals surface area contributed by atoms with Crippen molar-refractivity contribution in [2.75, 3.05) is 35.0 Å². The average Bonchev–Trinajstić information content (AvgIpc) is 2.70. The lowest BCUT2D eigenvalue weighted by Crippen LogP contribution is -2.66. The first-order chi connectivity index (χ1) is 13.3. The van der Waals surface area contributed by atoms with Gasteiger partial charge < -0.3 is 53.6 Å². The van der Waals surface area contributed by atoms with Gasteiger partial charge in [-0.25, -0.2) is 4.79 Å². The van der Waals surface area contributed by atoms with Crippen molar-refractivity contribution in [2.45, 2.75) is 61.4 Å². The number of rotatable bonds is 8. The Hall–Kier alpha value is -0.930. The molecule has 0 amide bonds. The monoisotopic (exact) mass is 412 g/mol. The number of ether oxygens (including phenoxy) is 7. The van der Waals surface area contributed by atoms with Gasteiger partial charge in [-0.05, 0) is 0 Å². The summed E-state index contributed by atoms with van der Waals surface area (Å²) in [5.74, 6) is -1.31. The molecule has 2 aliphatic heterocycles. The zero-order chi connectivity index (χ0) is 21.0. The molecule has 0 saturated carbocycles. The fourth-order valence-corrected chi connectivity index (χ4v) is 3.46. The van der Waals surface area contributed by atoms with Crippen molar-refractivity contribution >= 4 is 5.97 Å². The molecule has 0 radical (unpaired) electrons. The molecule has 4 N–H and O–H groups in total. The molecule has 2 heterocycles. The van der Waals surface area contributed by atoms with Crippen LogP contribution in [0, 0.1) is 0 Å². The summed E-state index contributed by atoms with van der Waals surface area (Å²) < 4.78 is 37.5. The maximum atomic E-state index is 11.6. The van der Waals surface area contributed by atoms with Gasteiger partial charge in [0.25, 0.3) is 0 Å². The van der Waals surface area contributed by atoms with E-state index in [-0.39, 0.29) is 0 Å². The summed E-state index contributed by atoms with van der Waals surface area (Å²) in [6.45, 7) is -0.560. The number of carboxylic acids is 1. The first-order valence-corrected chi connectivity index (χ1v) is 8.61. The van der Waals surface area contributed by atoms with Crippen molar-refractivity contribution in [3.8, 4) is 0 Å². The zero-order valence-electron chi connectivity index (χ0n) is 16.0. The molecular weight excluding hydrogens is 384 g/mol. The Bertz CT molecular complexity index is 502. The smallest absolute Gasteiger partial charge is 0.335 e. The highest BCUT2D eigenvalue weighted by atomic mass is 16.7. The summed E-state index contributed by atoms with van der Waals surface area (Å²) >= 11 is 0. The van der Waals surface area contributed by atoms with Crippen LogP contribution in [0.1, 0.15) is 0 Å². The molecule has 0 spiro atoms. The standard InChI is InChI=1S/C16H28O12/c1-22-10-11(23-2)13(24-3)16(28-12(10)14(20)21)27-9-6(5-17)26-15(25-4)8(19)7(9)18/h6-13,15-19H,5H2,1-4H3,(H,20,21)/t6-,7-,8-,9-,10+,11+,12-,13-,15+,16-/m1/s1. The fourth-order valence-electron chi connectivity index (χ4n) is 3.46. The Morgan fingerprint density at radius 1 is 0.821 bits per heavy atom. The lowest BCUT2D eigenvalue weighted by atomic mass is 9.96. The highest BCUT2D eigenvalue weighted by molar-refractivity contribution is 5.73. The molecule has 12 nitrogen and oxygen atoms in total. The third kappa shape index (κ3) is 4.46. The lowest BCUT2D eigenvalue weighted by Gasteiger charge is -2.47. The second-order valence-electron chi connectivity index (χ2n) is 6.41. The summed E-state index contributed by atoms with van der Waals surface area (Å²) in [6.07, 6.45) is -12.1. The van der Waals surface area contributed by atoms with Crippen molar-refractivity contribution in [1.29, 1.82) is 0 Å². The second kappa shape index (κ2) is 10.2. The Morgan fingerprint density at radius 3 is 1.89 bits per heavy atom. The molecule has 0 aliphatic carbocycles. The van der Waals surface area contributed by atoms with Gasteiger partial charge in [-0.1, -0.05) is 0 Å². The Kier molecular flexibility index (Phi) is 8.51. The minimum Gasteiger partial charge on any atom is -0.479 e. The molecule has 2 saturated heterocycles. The van der Waals surface area contributed by atoms with Gasteiger partial charge in [0.05, 0.1) is 6.61 Å². The third-order valence-electron chi connectivity index (χ3n) is 4.90. The number of methoxy groups -OCH3 is 4. The van der Waals surface area contributed by atoms with Gasteiger partial charge in [0, 0.05) is 28.4 Å². The van der Waals surface area contributed by atoms with E-state index in [4.69, 9.17) is 33.2 Å². The van der Waals surface area contributed by atoms with Crippen LogP contribution in [-0.2, 0) is 38.0 Å². The van der Waals surface area contributed by atoms with Gasteiger partial charge >= 0.3 is 5.97 Å². The quantitative estimate of drug-likeness (QED) is 0.327. The highest BCUT2D eigenvalue weighted by Crippen LogP contribution is 2.32. The highest BCUT2D eigenvalue weighted by Gasteiger charge is 2.53. The minimum atomic E-state index is -1.51. The number of hydrogen-bond donors (Lipinski definition) is 4. The number of aliphatic hydroxyl groups is 3. The molecule has 0 aromatic rings. The number of carbonyl (C=O) groups is 1. The van der Waals surface area contributed by atoms with Gasteiger partial charge in [0.2, 0.25) is 0 Å². The maximum absolute atomic E-state index is 11.6. The molecule has 2 rings (SSSR count). The second-order valence-corrected chi connectivity index (χ2v) is 6.41. The Labute approximate surface area is 161 Å². The van der Waals surface area contributed by atoms with Crippen molar-refractivity contribution < 1.29 is 58.4 Å². The van der Waals surface area contributed by atoms with Crippen molar-refractivity contribution in [1.82, 2.24) is 0 Å². The van der Waals surface area contributed by atoms with E-state index in [1.54, 1.807) is 0 Å². The van der Waals surface area contributed by atoms with E-state index in [1.807, 2.05) is 0 Å². The molecule has 28 heavy (non-hydrogen) atoms. The van der Waals surface area contributed by atoms with E-state index in [2.05, 4.69) is 0 Å². The van der Waals surface area contributed by atoms with Crippen LogP contribution in [0.3, 0.4) is 0 Å². The van der Waals surface area contributed by atoms with E-state index < -0.39 is 74.0 Å². The van der Waals surface area contributed by atoms with Crippen LogP contribution in [0.4, 0.5) is 0 Å². The lowest BCUT2D eigenvalue weighted by molar-refractivity contribution is -0.357. The van der Waals surface area contributed by atoms with E-state index in [0.717, 1.165) is 0 Å². The van der Waals surface area contributed by atoms with Gasteiger partial charge in [-0.15, -0.1) is 0 Å². The topological polar surface area (TPSA) is 163 Å². The first-order valence-electron chi connectivity index (χ1n) is 8.61. The van der Waals surface area contributed by atoms with Crippen LogP contribution < -0.4 is 0 Å². The molecule has 2 fully saturated rings. The van der Waals surface area contributed by atoms with E-state index in [1.165, 1.54) is 28.4 Å². The molecule has 0 unspecified atom stereocenters. The predicted molar refractivity (Wildman–Crippen MR) is 88.3 cm³/mol.